The average Bonchev–Trinajstić information content (AvgIpc) is 2.38. The molecule has 0 atom stereocenters. The van der Waals surface area contributed by atoms with Crippen LogP contribution in [0.2, 0.25) is 0 Å². The molecule has 0 fully saturated rings. The van der Waals surface area contributed by atoms with Crippen LogP contribution in [0.4, 0.5) is 4.39 Å². The lowest BCUT2D eigenvalue weighted by Gasteiger charge is -2.05. The number of unbranched alkanes of at least 4 members (excludes halogenated alkanes) is 1. The summed E-state index contributed by atoms with van der Waals surface area (Å²) < 4.78 is 13.5. The summed E-state index contributed by atoms with van der Waals surface area (Å²) in [5.74, 6) is 4.49. The Kier molecular flexibility index (Phi) is 5.89. The Morgan fingerprint density at radius 2 is 2.28 bits per heavy atom. The van der Waals surface area contributed by atoms with Crippen molar-refractivity contribution in [1.82, 2.24) is 5.32 Å². The molecule has 18 heavy (non-hydrogen) atoms. The van der Waals surface area contributed by atoms with Crippen LogP contribution in [0.15, 0.2) is 18.2 Å². The molecule has 3 nitrogen and oxygen atoms in total. The number of nitrogens with two attached hydrogens (primary N) is 1. The summed E-state index contributed by atoms with van der Waals surface area (Å²) in [4.78, 5) is 11.7. The van der Waals surface area contributed by atoms with Crippen LogP contribution >= 0.6 is 0 Å². The molecule has 3 N–H and O–H groups in total. The van der Waals surface area contributed by atoms with Gasteiger partial charge in [-0.15, -0.1) is 0 Å². The molecule has 0 unspecified atom stereocenters. The van der Waals surface area contributed by atoms with Crippen LogP contribution in [-0.2, 0) is 0 Å². The molecule has 1 rings (SSSR count). The second-order valence-corrected chi connectivity index (χ2v) is 3.81. The fraction of sp³-hybridized carbons (Fsp3) is 0.357. The number of hydrogen-bond donors (Lipinski definition) is 2. The summed E-state index contributed by atoms with van der Waals surface area (Å²) >= 11 is 0. The Morgan fingerprint density at radius 1 is 1.50 bits per heavy atom. The summed E-state index contributed by atoms with van der Waals surface area (Å²) in [6.45, 7) is 2.80. The largest absolute Gasteiger partial charge is 0.352 e. The molecule has 1 amide bonds. The first-order valence-corrected chi connectivity index (χ1v) is 5.95. The van der Waals surface area contributed by atoms with Crippen LogP contribution in [0, 0.1) is 17.7 Å². The van der Waals surface area contributed by atoms with Gasteiger partial charge >= 0.3 is 0 Å². The minimum atomic E-state index is -0.540. The van der Waals surface area contributed by atoms with E-state index in [0.717, 1.165) is 12.8 Å². The quantitative estimate of drug-likeness (QED) is 0.629. The van der Waals surface area contributed by atoms with Crippen molar-refractivity contribution >= 4 is 5.91 Å². The average molecular weight is 248 g/mol. The molecule has 0 bridgehead atoms. The number of nitrogens with one attached hydrogen (secondary N) is 1. The summed E-state index contributed by atoms with van der Waals surface area (Å²) in [7, 11) is 0. The van der Waals surface area contributed by atoms with Crippen molar-refractivity contribution in [3.05, 3.63) is 35.1 Å². The van der Waals surface area contributed by atoms with Gasteiger partial charge in [-0.2, -0.15) is 0 Å². The summed E-state index contributed by atoms with van der Waals surface area (Å²) in [5.41, 5.74) is 5.87. The molecule has 0 spiro atoms. The summed E-state index contributed by atoms with van der Waals surface area (Å²) in [6.07, 6.45) is 1.85. The topological polar surface area (TPSA) is 55.1 Å². The molecule has 0 aliphatic carbocycles. The maximum Gasteiger partial charge on any atom is 0.254 e. The van der Waals surface area contributed by atoms with Crippen molar-refractivity contribution in [3.8, 4) is 11.8 Å². The number of benzene rings is 1. The summed E-state index contributed by atoms with van der Waals surface area (Å²) in [5, 5.41) is 2.67. The fourth-order valence-corrected chi connectivity index (χ4v) is 1.40. The zero-order chi connectivity index (χ0) is 13.4. The molecule has 0 saturated carbocycles. The molecule has 1 aromatic carbocycles. The van der Waals surface area contributed by atoms with Gasteiger partial charge < -0.3 is 11.1 Å². The van der Waals surface area contributed by atoms with E-state index in [0.29, 0.717) is 12.1 Å². The van der Waals surface area contributed by atoms with Gasteiger partial charge in [-0.25, -0.2) is 4.39 Å². The van der Waals surface area contributed by atoms with E-state index in [9.17, 15) is 9.18 Å². The highest BCUT2D eigenvalue weighted by Crippen LogP contribution is 2.10. The maximum absolute atomic E-state index is 13.5. The molecule has 0 aromatic heterocycles. The number of carbonyl (C=O) groups excluding carboxylic acids is 1. The molecule has 0 saturated heterocycles. The van der Waals surface area contributed by atoms with E-state index in [-0.39, 0.29) is 12.1 Å². The van der Waals surface area contributed by atoms with Gasteiger partial charge in [0.05, 0.1) is 12.1 Å². The van der Waals surface area contributed by atoms with Crippen molar-refractivity contribution in [2.24, 2.45) is 5.73 Å². The molecule has 0 radical (unpaired) electrons. The van der Waals surface area contributed by atoms with Crippen molar-refractivity contribution in [1.29, 1.82) is 0 Å². The number of halogens is 1. The second kappa shape index (κ2) is 7.46. The maximum atomic E-state index is 13.5. The molecule has 0 aliphatic rings. The molecular formula is C14H17FN2O. The number of amides is 1. The van der Waals surface area contributed by atoms with Crippen LogP contribution in [0.3, 0.4) is 0 Å². The third-order valence-corrected chi connectivity index (χ3v) is 2.36. The normalized spacial score (nSPS) is 9.50. The highest BCUT2D eigenvalue weighted by molar-refractivity contribution is 5.94. The number of rotatable bonds is 4. The number of hydrogen-bond acceptors (Lipinski definition) is 2. The fourth-order valence-electron chi connectivity index (χ4n) is 1.40. The zero-order valence-electron chi connectivity index (χ0n) is 10.4. The van der Waals surface area contributed by atoms with Gasteiger partial charge in [-0.05, 0) is 24.6 Å². The van der Waals surface area contributed by atoms with Crippen LogP contribution < -0.4 is 11.1 Å². The van der Waals surface area contributed by atoms with Crippen molar-refractivity contribution in [2.45, 2.75) is 19.8 Å². The van der Waals surface area contributed by atoms with Gasteiger partial charge in [0.25, 0.3) is 5.91 Å². The van der Waals surface area contributed by atoms with Crippen LogP contribution in [0.5, 0.6) is 0 Å². The predicted octanol–water partition coefficient (Wildman–Crippen LogP) is 1.67. The standard InChI is InChI=1S/C14H17FN2O/c1-2-3-9-17-14(18)12-10-11(5-4-8-16)6-7-13(12)15/h6-7,10H,2-3,8-9,16H2,1H3,(H,17,18). The molecular weight excluding hydrogens is 231 g/mol. The predicted molar refractivity (Wildman–Crippen MR) is 69.6 cm³/mol. The van der Waals surface area contributed by atoms with Gasteiger partial charge in [0.1, 0.15) is 5.82 Å². The van der Waals surface area contributed by atoms with Crippen LogP contribution in [0.1, 0.15) is 35.7 Å². The molecule has 0 heterocycles. The minimum Gasteiger partial charge on any atom is -0.352 e. The Balaban J connectivity index is 2.83. The monoisotopic (exact) mass is 248 g/mol. The van der Waals surface area contributed by atoms with E-state index < -0.39 is 11.7 Å². The SMILES string of the molecule is CCCCNC(=O)c1cc(C#CCN)ccc1F. The van der Waals surface area contributed by atoms with Crippen LogP contribution in [-0.4, -0.2) is 19.0 Å². The summed E-state index contributed by atoms with van der Waals surface area (Å²) in [6, 6.07) is 4.22. The highest BCUT2D eigenvalue weighted by atomic mass is 19.1. The Labute approximate surface area is 107 Å². The van der Waals surface area contributed by atoms with E-state index in [2.05, 4.69) is 17.2 Å². The Hall–Kier alpha value is -1.86. The van der Waals surface area contributed by atoms with Crippen LogP contribution in [0.25, 0.3) is 0 Å². The molecule has 0 aliphatic heterocycles. The van der Waals surface area contributed by atoms with Gasteiger partial charge in [0, 0.05) is 12.1 Å². The van der Waals surface area contributed by atoms with Crippen molar-refractivity contribution in [2.75, 3.05) is 13.1 Å². The first-order valence-electron chi connectivity index (χ1n) is 5.95. The molecule has 1 aromatic rings. The van der Waals surface area contributed by atoms with E-state index in [4.69, 9.17) is 5.73 Å². The first kappa shape index (κ1) is 14.2. The lowest BCUT2D eigenvalue weighted by atomic mass is 10.1. The van der Waals surface area contributed by atoms with E-state index in [1.165, 1.54) is 18.2 Å². The Bertz CT molecular complexity index is 474. The lowest BCUT2D eigenvalue weighted by Crippen LogP contribution is -2.25. The highest BCUT2D eigenvalue weighted by Gasteiger charge is 2.11. The van der Waals surface area contributed by atoms with Crippen molar-refractivity contribution in [3.63, 3.8) is 0 Å². The molecule has 96 valence electrons. The van der Waals surface area contributed by atoms with E-state index in [1.807, 2.05) is 6.92 Å². The van der Waals surface area contributed by atoms with Gasteiger partial charge in [0.15, 0.2) is 0 Å². The van der Waals surface area contributed by atoms with Gasteiger partial charge in [-0.3, -0.25) is 4.79 Å². The smallest absolute Gasteiger partial charge is 0.254 e. The van der Waals surface area contributed by atoms with E-state index in [1.54, 1.807) is 0 Å². The van der Waals surface area contributed by atoms with Gasteiger partial charge in [-0.1, -0.05) is 25.2 Å². The van der Waals surface area contributed by atoms with Gasteiger partial charge in [0.2, 0.25) is 0 Å². The zero-order valence-corrected chi connectivity index (χ0v) is 10.4. The molecule has 4 heteroatoms. The lowest BCUT2D eigenvalue weighted by molar-refractivity contribution is 0.0949. The minimum absolute atomic E-state index is 0.0231. The second-order valence-electron chi connectivity index (χ2n) is 3.81. The Morgan fingerprint density at radius 3 is 2.94 bits per heavy atom. The third kappa shape index (κ3) is 4.19. The van der Waals surface area contributed by atoms with Crippen molar-refractivity contribution < 1.29 is 9.18 Å². The third-order valence-electron chi connectivity index (χ3n) is 2.36. The first-order chi connectivity index (χ1) is 8.69. The van der Waals surface area contributed by atoms with E-state index >= 15 is 0 Å². The number of carbonyl (C=O) groups is 1.